The van der Waals surface area contributed by atoms with Gasteiger partial charge in [0.2, 0.25) is 5.75 Å². The van der Waals surface area contributed by atoms with Crippen LogP contribution >= 0.6 is 0 Å². The van der Waals surface area contributed by atoms with E-state index < -0.39 is 0 Å². The fraction of sp³-hybridized carbons (Fsp3) is 0.625. The standard InChI is InChI=1S/C16H26N2O3/c1-18(2)7-8-21-16-14(19-3)9-12(10-15(16)20-4)11-17-13-5-6-13/h9-10,13,17H,5-8,11H2,1-4H3. The number of hydrogen-bond donors (Lipinski definition) is 1. The predicted molar refractivity (Wildman–Crippen MR) is 83.5 cm³/mol. The molecule has 1 aromatic rings. The summed E-state index contributed by atoms with van der Waals surface area (Å²) in [6.07, 6.45) is 2.56. The van der Waals surface area contributed by atoms with Gasteiger partial charge in [0.1, 0.15) is 6.61 Å². The van der Waals surface area contributed by atoms with Gasteiger partial charge in [0.15, 0.2) is 11.5 Å². The lowest BCUT2D eigenvalue weighted by Crippen LogP contribution is -2.20. The number of rotatable bonds is 9. The summed E-state index contributed by atoms with van der Waals surface area (Å²) >= 11 is 0. The second-order valence-electron chi connectivity index (χ2n) is 5.64. The lowest BCUT2D eigenvalue weighted by atomic mass is 10.1. The second-order valence-corrected chi connectivity index (χ2v) is 5.64. The minimum atomic E-state index is 0.597. The summed E-state index contributed by atoms with van der Waals surface area (Å²) in [6.45, 7) is 2.27. The topological polar surface area (TPSA) is 43.0 Å². The van der Waals surface area contributed by atoms with Gasteiger partial charge in [-0.15, -0.1) is 0 Å². The van der Waals surface area contributed by atoms with E-state index in [2.05, 4.69) is 10.2 Å². The first-order chi connectivity index (χ1) is 10.1. The highest BCUT2D eigenvalue weighted by molar-refractivity contribution is 5.53. The van der Waals surface area contributed by atoms with Crippen molar-refractivity contribution in [1.82, 2.24) is 10.2 Å². The molecule has 0 bridgehead atoms. The van der Waals surface area contributed by atoms with Crippen LogP contribution in [-0.2, 0) is 6.54 Å². The highest BCUT2D eigenvalue weighted by Gasteiger charge is 2.21. The van der Waals surface area contributed by atoms with E-state index >= 15 is 0 Å². The fourth-order valence-electron chi connectivity index (χ4n) is 2.06. The van der Waals surface area contributed by atoms with Crippen LogP contribution in [0.4, 0.5) is 0 Å². The van der Waals surface area contributed by atoms with E-state index in [-0.39, 0.29) is 0 Å². The van der Waals surface area contributed by atoms with Gasteiger partial charge in [-0.1, -0.05) is 0 Å². The van der Waals surface area contributed by atoms with Crippen LogP contribution in [0.15, 0.2) is 12.1 Å². The number of benzene rings is 1. The summed E-state index contributed by atoms with van der Waals surface area (Å²) in [5, 5.41) is 3.49. The van der Waals surface area contributed by atoms with Crippen LogP contribution in [0.3, 0.4) is 0 Å². The van der Waals surface area contributed by atoms with Crippen molar-refractivity contribution in [2.45, 2.75) is 25.4 Å². The molecule has 1 saturated carbocycles. The van der Waals surface area contributed by atoms with Crippen molar-refractivity contribution in [3.63, 3.8) is 0 Å². The molecular formula is C16H26N2O3. The zero-order valence-corrected chi connectivity index (χ0v) is 13.4. The van der Waals surface area contributed by atoms with Gasteiger partial charge in [-0.25, -0.2) is 0 Å². The molecule has 1 aromatic carbocycles. The van der Waals surface area contributed by atoms with E-state index in [4.69, 9.17) is 14.2 Å². The molecule has 1 aliphatic carbocycles. The van der Waals surface area contributed by atoms with Crippen molar-refractivity contribution in [3.05, 3.63) is 17.7 Å². The van der Waals surface area contributed by atoms with E-state index in [0.717, 1.165) is 30.2 Å². The molecule has 0 spiro atoms. The average Bonchev–Trinajstić information content (AvgIpc) is 3.29. The summed E-state index contributed by atoms with van der Waals surface area (Å²) in [7, 11) is 7.35. The second kappa shape index (κ2) is 7.52. The van der Waals surface area contributed by atoms with Crippen LogP contribution in [0, 0.1) is 0 Å². The first-order valence-electron chi connectivity index (χ1n) is 7.40. The molecule has 0 amide bonds. The Labute approximate surface area is 127 Å². The van der Waals surface area contributed by atoms with Crippen LogP contribution in [-0.4, -0.2) is 52.4 Å². The first-order valence-corrected chi connectivity index (χ1v) is 7.40. The third-order valence-corrected chi connectivity index (χ3v) is 3.48. The van der Waals surface area contributed by atoms with Crippen LogP contribution in [0.1, 0.15) is 18.4 Å². The molecule has 1 fully saturated rings. The molecule has 5 nitrogen and oxygen atoms in total. The molecule has 0 saturated heterocycles. The molecule has 21 heavy (non-hydrogen) atoms. The van der Waals surface area contributed by atoms with E-state index in [1.165, 1.54) is 12.8 Å². The first kappa shape index (κ1) is 15.9. The van der Waals surface area contributed by atoms with Crippen molar-refractivity contribution in [3.8, 4) is 17.2 Å². The van der Waals surface area contributed by atoms with Crippen molar-refractivity contribution >= 4 is 0 Å². The van der Waals surface area contributed by atoms with Gasteiger partial charge in [0.25, 0.3) is 0 Å². The fourth-order valence-corrected chi connectivity index (χ4v) is 2.06. The Kier molecular flexibility index (Phi) is 5.70. The highest BCUT2D eigenvalue weighted by Crippen LogP contribution is 2.38. The molecule has 118 valence electrons. The van der Waals surface area contributed by atoms with Gasteiger partial charge >= 0.3 is 0 Å². The normalized spacial score (nSPS) is 14.3. The van der Waals surface area contributed by atoms with Gasteiger partial charge < -0.3 is 24.4 Å². The number of likely N-dealkylation sites (N-methyl/N-ethyl adjacent to an activating group) is 1. The summed E-state index contributed by atoms with van der Waals surface area (Å²) < 4.78 is 16.8. The number of hydrogen-bond acceptors (Lipinski definition) is 5. The summed E-state index contributed by atoms with van der Waals surface area (Å²) in [5.74, 6) is 2.12. The van der Waals surface area contributed by atoms with Crippen LogP contribution < -0.4 is 19.5 Å². The minimum Gasteiger partial charge on any atom is -0.493 e. The van der Waals surface area contributed by atoms with Gasteiger partial charge in [-0.3, -0.25) is 0 Å². The Hall–Kier alpha value is -1.46. The van der Waals surface area contributed by atoms with E-state index in [1.807, 2.05) is 26.2 Å². The highest BCUT2D eigenvalue weighted by atomic mass is 16.5. The maximum absolute atomic E-state index is 5.84. The number of ether oxygens (including phenoxy) is 3. The van der Waals surface area contributed by atoms with E-state index in [0.29, 0.717) is 18.4 Å². The van der Waals surface area contributed by atoms with E-state index in [1.54, 1.807) is 14.2 Å². The van der Waals surface area contributed by atoms with Crippen molar-refractivity contribution in [2.24, 2.45) is 0 Å². The van der Waals surface area contributed by atoms with Crippen LogP contribution in [0.2, 0.25) is 0 Å². The Morgan fingerprint density at radius 1 is 1.14 bits per heavy atom. The Morgan fingerprint density at radius 2 is 1.76 bits per heavy atom. The summed E-state index contributed by atoms with van der Waals surface area (Å²) in [6, 6.07) is 4.71. The quantitative estimate of drug-likeness (QED) is 0.753. The van der Waals surface area contributed by atoms with Crippen molar-refractivity contribution in [1.29, 1.82) is 0 Å². The molecule has 0 heterocycles. The third-order valence-electron chi connectivity index (χ3n) is 3.48. The van der Waals surface area contributed by atoms with Gasteiger partial charge in [0, 0.05) is 19.1 Å². The lowest BCUT2D eigenvalue weighted by molar-refractivity contribution is 0.239. The maximum Gasteiger partial charge on any atom is 0.203 e. The average molecular weight is 294 g/mol. The van der Waals surface area contributed by atoms with Gasteiger partial charge in [-0.2, -0.15) is 0 Å². The monoisotopic (exact) mass is 294 g/mol. The van der Waals surface area contributed by atoms with Crippen molar-refractivity contribution < 1.29 is 14.2 Å². The van der Waals surface area contributed by atoms with Crippen LogP contribution in [0.5, 0.6) is 17.2 Å². The largest absolute Gasteiger partial charge is 0.493 e. The molecule has 1 aliphatic rings. The van der Waals surface area contributed by atoms with Gasteiger partial charge in [0.05, 0.1) is 14.2 Å². The van der Waals surface area contributed by atoms with Gasteiger partial charge in [-0.05, 0) is 44.6 Å². The molecule has 0 radical (unpaired) electrons. The zero-order valence-electron chi connectivity index (χ0n) is 13.4. The number of methoxy groups -OCH3 is 2. The Bertz CT molecular complexity index is 434. The predicted octanol–water partition coefficient (Wildman–Crippen LogP) is 1.90. The molecule has 0 unspecified atom stereocenters. The molecule has 0 atom stereocenters. The maximum atomic E-state index is 5.84. The molecule has 0 aromatic heterocycles. The molecule has 0 aliphatic heterocycles. The third kappa shape index (κ3) is 4.79. The molecule has 5 heteroatoms. The SMILES string of the molecule is COc1cc(CNC2CC2)cc(OC)c1OCCN(C)C. The Morgan fingerprint density at radius 3 is 2.24 bits per heavy atom. The summed E-state index contributed by atoms with van der Waals surface area (Å²) in [4.78, 5) is 2.08. The van der Waals surface area contributed by atoms with E-state index in [9.17, 15) is 0 Å². The minimum absolute atomic E-state index is 0.597. The van der Waals surface area contributed by atoms with Crippen LogP contribution in [0.25, 0.3) is 0 Å². The zero-order chi connectivity index (χ0) is 15.2. The smallest absolute Gasteiger partial charge is 0.203 e. The summed E-state index contributed by atoms with van der Waals surface area (Å²) in [5.41, 5.74) is 1.15. The Balaban J connectivity index is 2.08. The number of nitrogens with zero attached hydrogens (tertiary/aromatic N) is 1. The van der Waals surface area contributed by atoms with Crippen molar-refractivity contribution in [2.75, 3.05) is 41.5 Å². The number of nitrogens with one attached hydrogen (secondary N) is 1. The molecule has 1 N–H and O–H groups in total. The molecular weight excluding hydrogens is 268 g/mol. The molecule has 2 rings (SSSR count). The lowest BCUT2D eigenvalue weighted by Gasteiger charge is -2.17.